The molecule has 1 amide bonds. The van der Waals surface area contributed by atoms with Crippen LogP contribution in [0.2, 0.25) is 0 Å². The van der Waals surface area contributed by atoms with Crippen LogP contribution in [-0.2, 0) is 14.9 Å². The number of halogens is 3. The Bertz CT molecular complexity index is 1770. The fourth-order valence-corrected chi connectivity index (χ4v) is 7.36. The van der Waals surface area contributed by atoms with Crippen LogP contribution in [0.5, 0.6) is 0 Å². The van der Waals surface area contributed by atoms with Gasteiger partial charge in [-0.15, -0.1) is 11.6 Å². The molecule has 0 aromatic heterocycles. The number of carbonyl (C=O) groups excluding carboxylic acids is 1. The number of amides is 1. The van der Waals surface area contributed by atoms with Crippen LogP contribution in [0.15, 0.2) is 65.8 Å². The molecule has 2 heterocycles. The van der Waals surface area contributed by atoms with Gasteiger partial charge in [0.15, 0.2) is 18.8 Å². The second-order valence-electron chi connectivity index (χ2n) is 14.1. The first-order valence-electron chi connectivity index (χ1n) is 17.9. The zero-order valence-electron chi connectivity index (χ0n) is 29.4. The van der Waals surface area contributed by atoms with Gasteiger partial charge in [-0.1, -0.05) is 32.8 Å². The van der Waals surface area contributed by atoms with E-state index in [2.05, 4.69) is 31.3 Å². The lowest BCUT2D eigenvalue weighted by atomic mass is 9.64. The molecule has 8 nitrogen and oxygen atoms in total. The van der Waals surface area contributed by atoms with E-state index < -0.39 is 23.7 Å². The number of aromatic carboxylic acids is 1. The van der Waals surface area contributed by atoms with Gasteiger partial charge >= 0.3 is 5.97 Å². The third-order valence-electron chi connectivity index (χ3n) is 10.2. The summed E-state index contributed by atoms with van der Waals surface area (Å²) >= 11 is 5.70. The number of anilines is 1. The molecule has 6 rings (SSSR count). The van der Waals surface area contributed by atoms with E-state index >= 15 is 0 Å². The molecule has 2 N–H and O–H groups in total. The molecule has 51 heavy (non-hydrogen) atoms. The van der Waals surface area contributed by atoms with Gasteiger partial charge in [-0.2, -0.15) is 0 Å². The Morgan fingerprint density at radius 3 is 2.39 bits per heavy atom. The van der Waals surface area contributed by atoms with Gasteiger partial charge in [-0.3, -0.25) is 4.79 Å². The highest BCUT2D eigenvalue weighted by Crippen LogP contribution is 2.51. The molecule has 0 radical (unpaired) electrons. The maximum Gasteiger partial charge on any atom is 0.336 e. The van der Waals surface area contributed by atoms with Crippen LogP contribution in [-0.4, -0.2) is 105 Å². The van der Waals surface area contributed by atoms with Crippen LogP contribution in [0.1, 0.15) is 76.9 Å². The Balaban J connectivity index is 1.25. The molecule has 2 aliphatic heterocycles. The van der Waals surface area contributed by atoms with Gasteiger partial charge in [-0.25, -0.2) is 18.2 Å². The van der Waals surface area contributed by atoms with Crippen molar-refractivity contribution in [3.05, 3.63) is 93.6 Å². The average Bonchev–Trinajstić information content (AvgIpc) is 3.09. The number of ether oxygens (including phenoxy) is 2. The summed E-state index contributed by atoms with van der Waals surface area (Å²) in [6.45, 7) is 7.71. The lowest BCUT2D eigenvalue weighted by Gasteiger charge is -2.41. The molecule has 11 heteroatoms. The SMILES string of the molecule is CC1(C)C2=CC(=[N+]3CC(F)C3)C=CC2=C(c2cc(C(=O)NCCOCCOCCCCCCCl)ccc2C(=O)O)c2ccc(N3CC(F)C3)cc21. The zero-order chi connectivity index (χ0) is 36.1. The van der Waals surface area contributed by atoms with Gasteiger partial charge in [0.1, 0.15) is 6.17 Å². The smallest absolute Gasteiger partial charge is 0.336 e. The fraction of sp³-hybridized carbons (Fsp3) is 0.475. The van der Waals surface area contributed by atoms with Crippen molar-refractivity contribution in [2.75, 3.05) is 69.9 Å². The van der Waals surface area contributed by atoms with Crippen molar-refractivity contribution in [3.63, 3.8) is 0 Å². The van der Waals surface area contributed by atoms with Crippen molar-refractivity contribution in [1.29, 1.82) is 0 Å². The predicted octanol–water partition coefficient (Wildman–Crippen LogP) is 6.50. The van der Waals surface area contributed by atoms with Crippen molar-refractivity contribution in [2.45, 2.75) is 57.3 Å². The summed E-state index contributed by atoms with van der Waals surface area (Å²) in [6, 6.07) is 10.7. The third-order valence-corrected chi connectivity index (χ3v) is 10.4. The molecule has 2 aromatic carbocycles. The summed E-state index contributed by atoms with van der Waals surface area (Å²) in [5, 5.41) is 13.3. The number of benzene rings is 2. The molecule has 2 aromatic rings. The van der Waals surface area contributed by atoms with Crippen LogP contribution in [0.25, 0.3) is 5.57 Å². The number of hydrogen-bond acceptors (Lipinski definition) is 5. The number of rotatable bonds is 16. The number of carbonyl (C=O) groups is 2. The van der Waals surface area contributed by atoms with Crippen molar-refractivity contribution >= 4 is 40.4 Å². The summed E-state index contributed by atoms with van der Waals surface area (Å²) in [5.41, 5.74) is 6.42. The third kappa shape index (κ3) is 8.13. The number of nitrogens with one attached hydrogen (secondary N) is 1. The molecule has 0 bridgehead atoms. The molecule has 2 aliphatic carbocycles. The van der Waals surface area contributed by atoms with Gasteiger partial charge in [-0.05, 0) is 82.7 Å². The molecule has 0 spiro atoms. The van der Waals surface area contributed by atoms with E-state index in [-0.39, 0.29) is 18.0 Å². The van der Waals surface area contributed by atoms with Gasteiger partial charge < -0.3 is 24.8 Å². The van der Waals surface area contributed by atoms with Crippen LogP contribution in [0, 0.1) is 0 Å². The normalized spacial score (nSPS) is 19.3. The molecule has 0 atom stereocenters. The van der Waals surface area contributed by atoms with E-state index in [1.54, 1.807) is 6.07 Å². The molecule has 0 saturated carbocycles. The van der Waals surface area contributed by atoms with E-state index in [1.807, 2.05) is 33.8 Å². The quantitative estimate of drug-likeness (QED) is 0.117. The Morgan fingerprint density at radius 2 is 1.69 bits per heavy atom. The number of unbranched alkanes of at least 4 members (excludes halogenated alkanes) is 3. The average molecular weight is 723 g/mol. The minimum atomic E-state index is -1.11. The van der Waals surface area contributed by atoms with Crippen LogP contribution < -0.4 is 10.2 Å². The Kier molecular flexibility index (Phi) is 11.7. The molecule has 272 valence electrons. The number of alkyl halides is 3. The standard InChI is InChI=1S/C40H46ClF2N3O5/c1-40(2)35-20-29(45-22-27(42)23-45)8-11-32(35)37(33-12-9-30(21-36(33)40)46-24-28(43)25-46)34-19-26(7-10-31(34)39(48)49)38(47)44-14-16-51-18-17-50-15-6-4-3-5-13-41/h7-12,19-21,27-28H,3-6,13-18,22-25H2,1-2H3,(H-,44,47,48,49)/p+1. The summed E-state index contributed by atoms with van der Waals surface area (Å²) in [7, 11) is 0. The number of carboxylic acid groups (broad SMARTS) is 1. The first kappa shape index (κ1) is 36.9. The lowest BCUT2D eigenvalue weighted by molar-refractivity contribution is -0.599. The van der Waals surface area contributed by atoms with Gasteiger partial charge in [0, 0.05) is 47.8 Å². The summed E-state index contributed by atoms with van der Waals surface area (Å²) in [5.74, 6) is -0.763. The predicted molar refractivity (Wildman–Crippen MR) is 196 cm³/mol. The summed E-state index contributed by atoms with van der Waals surface area (Å²) in [4.78, 5) is 28.1. The molecule has 2 saturated heterocycles. The first-order chi connectivity index (χ1) is 24.6. The van der Waals surface area contributed by atoms with E-state index in [9.17, 15) is 23.5 Å². The van der Waals surface area contributed by atoms with E-state index in [4.69, 9.17) is 21.1 Å². The van der Waals surface area contributed by atoms with Gasteiger partial charge in [0.2, 0.25) is 6.17 Å². The second-order valence-corrected chi connectivity index (χ2v) is 14.5. The highest BCUT2D eigenvalue weighted by atomic mass is 35.5. The molecular formula is C40H47ClF2N3O5+. The number of allylic oxidation sites excluding steroid dienone is 5. The lowest BCUT2D eigenvalue weighted by Crippen LogP contribution is -2.48. The second kappa shape index (κ2) is 16.2. The summed E-state index contributed by atoms with van der Waals surface area (Å²) < 4.78 is 41.0. The van der Waals surface area contributed by atoms with E-state index in [1.165, 1.54) is 12.1 Å². The van der Waals surface area contributed by atoms with Crippen molar-refractivity contribution < 1.29 is 37.5 Å². The van der Waals surface area contributed by atoms with Crippen molar-refractivity contribution in [1.82, 2.24) is 5.32 Å². The maximum atomic E-state index is 13.9. The largest absolute Gasteiger partial charge is 0.478 e. The minimum absolute atomic E-state index is 0.0692. The zero-order valence-corrected chi connectivity index (χ0v) is 30.1. The van der Waals surface area contributed by atoms with Crippen LogP contribution in [0.3, 0.4) is 0 Å². The fourth-order valence-electron chi connectivity index (χ4n) is 7.17. The molecule has 4 aliphatic rings. The Labute approximate surface area is 303 Å². The highest BCUT2D eigenvalue weighted by Gasteiger charge is 2.41. The van der Waals surface area contributed by atoms with Gasteiger partial charge in [0.25, 0.3) is 5.91 Å². The first-order valence-corrected chi connectivity index (χ1v) is 18.4. The molecule has 0 unspecified atom stereocenters. The number of carboxylic acids is 1. The Morgan fingerprint density at radius 1 is 0.941 bits per heavy atom. The number of nitrogens with zero attached hydrogens (tertiary/aromatic N) is 2. The van der Waals surface area contributed by atoms with Crippen molar-refractivity contribution in [2.24, 2.45) is 0 Å². The van der Waals surface area contributed by atoms with Crippen LogP contribution in [0.4, 0.5) is 14.5 Å². The monoisotopic (exact) mass is 722 g/mol. The Hall–Kier alpha value is -3.86. The maximum absolute atomic E-state index is 13.9. The van der Waals surface area contributed by atoms with Crippen molar-refractivity contribution in [3.8, 4) is 0 Å². The van der Waals surface area contributed by atoms with Crippen LogP contribution >= 0.6 is 11.6 Å². The number of fused-ring (bicyclic) bond motifs is 2. The minimum Gasteiger partial charge on any atom is -0.478 e. The van der Waals surface area contributed by atoms with E-state index in [0.29, 0.717) is 75.2 Å². The number of hydrogen-bond donors (Lipinski definition) is 2. The highest BCUT2D eigenvalue weighted by molar-refractivity contribution is 6.17. The molecular weight excluding hydrogens is 676 g/mol. The molecule has 2 fully saturated rings. The van der Waals surface area contributed by atoms with Gasteiger partial charge in [0.05, 0.1) is 38.5 Å². The van der Waals surface area contributed by atoms with E-state index in [0.717, 1.165) is 59.4 Å². The summed E-state index contributed by atoms with van der Waals surface area (Å²) in [6.07, 6.45) is 8.48. The topological polar surface area (TPSA) is 91.1 Å².